The maximum Gasteiger partial charge on any atom is 0.257 e. The Morgan fingerprint density at radius 3 is 2.29 bits per heavy atom. The van der Waals surface area contributed by atoms with Gasteiger partial charge in [-0.15, -0.1) is 0 Å². The molecule has 2 heterocycles. The van der Waals surface area contributed by atoms with Gasteiger partial charge in [-0.25, -0.2) is 0 Å². The van der Waals surface area contributed by atoms with Crippen molar-refractivity contribution in [1.29, 1.82) is 0 Å². The van der Waals surface area contributed by atoms with Crippen molar-refractivity contribution in [3.63, 3.8) is 0 Å². The highest BCUT2D eigenvalue weighted by molar-refractivity contribution is 5.96. The molecule has 0 radical (unpaired) electrons. The molecular weight excluding hydrogens is 308 g/mol. The smallest absolute Gasteiger partial charge is 0.257 e. The zero-order valence-electron chi connectivity index (χ0n) is 14.6. The number of nitrogens with one attached hydrogen (secondary N) is 2. The third-order valence-electron chi connectivity index (χ3n) is 5.24. The second-order valence-electron chi connectivity index (χ2n) is 6.91. The van der Waals surface area contributed by atoms with Gasteiger partial charge >= 0.3 is 0 Å². The fourth-order valence-electron chi connectivity index (χ4n) is 3.58. The molecule has 2 N–H and O–H groups in total. The molecule has 7 nitrogen and oxygen atoms in total. The highest BCUT2D eigenvalue weighted by Gasteiger charge is 2.35. The van der Waals surface area contributed by atoms with Crippen LogP contribution >= 0.6 is 0 Å². The van der Waals surface area contributed by atoms with Crippen LogP contribution in [0.15, 0.2) is 4.52 Å². The van der Waals surface area contributed by atoms with Gasteiger partial charge in [-0.05, 0) is 39.5 Å². The minimum atomic E-state index is -0.103. The molecular formula is C17H26N4O3. The van der Waals surface area contributed by atoms with Crippen molar-refractivity contribution in [1.82, 2.24) is 20.7 Å². The molecule has 1 saturated heterocycles. The number of carbonyl (C=O) groups excluding carboxylic acids is 2. The van der Waals surface area contributed by atoms with Crippen LogP contribution in [-0.4, -0.2) is 53.1 Å². The lowest BCUT2D eigenvalue weighted by molar-refractivity contribution is -0.129. The average Bonchev–Trinajstić information content (AvgIpc) is 2.88. The summed E-state index contributed by atoms with van der Waals surface area (Å²) in [5, 5.41) is 10.6. The maximum atomic E-state index is 12.4. The summed E-state index contributed by atoms with van der Waals surface area (Å²) in [6.45, 7) is 6.80. The van der Waals surface area contributed by atoms with E-state index in [9.17, 15) is 9.59 Å². The Morgan fingerprint density at radius 1 is 1.12 bits per heavy atom. The predicted molar refractivity (Wildman–Crippen MR) is 88.7 cm³/mol. The van der Waals surface area contributed by atoms with Crippen LogP contribution < -0.4 is 10.6 Å². The first kappa shape index (κ1) is 17.0. The lowest BCUT2D eigenvalue weighted by Gasteiger charge is -2.42. The summed E-state index contributed by atoms with van der Waals surface area (Å²) in [5.74, 6) is 0.612. The van der Waals surface area contributed by atoms with Crippen LogP contribution in [0.5, 0.6) is 0 Å². The number of rotatable bonds is 4. The van der Waals surface area contributed by atoms with E-state index in [1.165, 1.54) is 0 Å². The molecule has 1 saturated carbocycles. The molecule has 2 fully saturated rings. The molecule has 1 aromatic heterocycles. The number of hydrogen-bond donors (Lipinski definition) is 2. The lowest BCUT2D eigenvalue weighted by Crippen LogP contribution is -2.60. The number of aryl methyl sites for hydroxylation is 2. The first-order valence-corrected chi connectivity index (χ1v) is 8.71. The summed E-state index contributed by atoms with van der Waals surface area (Å²) in [6, 6.07) is 0.879. The maximum absolute atomic E-state index is 12.4. The Hall–Kier alpha value is -1.89. The van der Waals surface area contributed by atoms with Crippen molar-refractivity contribution < 1.29 is 14.1 Å². The number of aromatic nitrogens is 1. The molecule has 7 heteroatoms. The van der Waals surface area contributed by atoms with Gasteiger partial charge in [0, 0.05) is 38.1 Å². The molecule has 0 bridgehead atoms. The number of carbonyl (C=O) groups is 2. The summed E-state index contributed by atoms with van der Waals surface area (Å²) in [6.07, 6.45) is 4.00. The van der Waals surface area contributed by atoms with Crippen LogP contribution in [0.2, 0.25) is 0 Å². The molecule has 132 valence electrons. The summed E-state index contributed by atoms with van der Waals surface area (Å²) in [5.41, 5.74) is 1.18. The second-order valence-corrected chi connectivity index (χ2v) is 6.91. The quantitative estimate of drug-likeness (QED) is 0.862. The van der Waals surface area contributed by atoms with Crippen molar-refractivity contribution >= 4 is 11.8 Å². The Morgan fingerprint density at radius 2 is 1.79 bits per heavy atom. The molecule has 24 heavy (non-hydrogen) atoms. The van der Waals surface area contributed by atoms with E-state index in [2.05, 4.69) is 15.8 Å². The predicted octanol–water partition coefficient (Wildman–Crippen LogP) is 1.15. The Bertz CT molecular complexity index is 600. The monoisotopic (exact) mass is 334 g/mol. The number of hydrogen-bond acceptors (Lipinski definition) is 5. The summed E-state index contributed by atoms with van der Waals surface area (Å²) in [7, 11) is 0. The largest absolute Gasteiger partial charge is 0.361 e. The van der Waals surface area contributed by atoms with Crippen LogP contribution in [0.25, 0.3) is 0 Å². The summed E-state index contributed by atoms with van der Waals surface area (Å²) < 4.78 is 5.07. The third kappa shape index (κ3) is 3.45. The van der Waals surface area contributed by atoms with E-state index in [0.29, 0.717) is 29.1 Å². The van der Waals surface area contributed by atoms with Crippen molar-refractivity contribution in [3.05, 3.63) is 17.0 Å². The van der Waals surface area contributed by atoms with E-state index in [1.54, 1.807) is 20.8 Å². The van der Waals surface area contributed by atoms with Gasteiger partial charge in [0.1, 0.15) is 11.3 Å². The van der Waals surface area contributed by atoms with E-state index in [1.807, 2.05) is 4.90 Å². The third-order valence-corrected chi connectivity index (χ3v) is 5.24. The van der Waals surface area contributed by atoms with Gasteiger partial charge in [-0.1, -0.05) is 5.16 Å². The topological polar surface area (TPSA) is 87.5 Å². The summed E-state index contributed by atoms with van der Waals surface area (Å²) in [4.78, 5) is 25.7. The second kappa shape index (κ2) is 6.93. The fourth-order valence-corrected chi connectivity index (χ4v) is 3.58. The Kier molecular flexibility index (Phi) is 4.89. The normalized spacial score (nSPS) is 24.5. The van der Waals surface area contributed by atoms with Gasteiger partial charge < -0.3 is 20.1 Å². The molecule has 1 aliphatic carbocycles. The summed E-state index contributed by atoms with van der Waals surface area (Å²) >= 11 is 0. The van der Waals surface area contributed by atoms with Crippen LogP contribution in [-0.2, 0) is 4.79 Å². The van der Waals surface area contributed by atoms with E-state index >= 15 is 0 Å². The molecule has 3 rings (SSSR count). The van der Waals surface area contributed by atoms with E-state index in [0.717, 1.165) is 38.8 Å². The standard InChI is InChI=1S/C17H26N4O3/c1-10-16(11(2)24-20-10)17(23)19-15-5-4-14(15)18-13-6-8-21(9-7-13)12(3)22/h13-15,18H,4-9H2,1-3H3,(H,19,23). The molecule has 2 aliphatic rings. The molecule has 2 unspecified atom stereocenters. The zero-order valence-corrected chi connectivity index (χ0v) is 14.6. The van der Waals surface area contributed by atoms with Gasteiger partial charge in [-0.2, -0.15) is 0 Å². The van der Waals surface area contributed by atoms with Crippen LogP contribution in [0.4, 0.5) is 0 Å². The van der Waals surface area contributed by atoms with Crippen LogP contribution in [0.1, 0.15) is 54.4 Å². The fraction of sp³-hybridized carbons (Fsp3) is 0.706. The molecule has 1 aromatic rings. The molecule has 0 aromatic carbocycles. The SMILES string of the molecule is CC(=O)N1CCC(NC2CCC2NC(=O)c2c(C)noc2C)CC1. The van der Waals surface area contributed by atoms with Crippen LogP contribution in [0, 0.1) is 13.8 Å². The van der Waals surface area contributed by atoms with Gasteiger partial charge in [0.15, 0.2) is 0 Å². The highest BCUT2D eigenvalue weighted by Crippen LogP contribution is 2.24. The minimum absolute atomic E-state index is 0.103. The minimum Gasteiger partial charge on any atom is -0.361 e. The Balaban J connectivity index is 1.49. The first-order valence-electron chi connectivity index (χ1n) is 8.71. The molecule has 0 spiro atoms. The van der Waals surface area contributed by atoms with Gasteiger partial charge in [0.05, 0.1) is 5.69 Å². The number of likely N-dealkylation sites (tertiary alicyclic amines) is 1. The number of amides is 2. The van der Waals surface area contributed by atoms with Crippen molar-refractivity contribution in [2.24, 2.45) is 0 Å². The van der Waals surface area contributed by atoms with Gasteiger partial charge in [-0.3, -0.25) is 9.59 Å². The van der Waals surface area contributed by atoms with Crippen molar-refractivity contribution in [2.45, 2.75) is 64.6 Å². The average molecular weight is 334 g/mol. The van der Waals surface area contributed by atoms with Crippen LogP contribution in [0.3, 0.4) is 0 Å². The molecule has 2 atom stereocenters. The first-order chi connectivity index (χ1) is 11.5. The number of nitrogens with zero attached hydrogens (tertiary/aromatic N) is 2. The highest BCUT2D eigenvalue weighted by atomic mass is 16.5. The van der Waals surface area contributed by atoms with E-state index in [-0.39, 0.29) is 17.9 Å². The van der Waals surface area contributed by atoms with E-state index < -0.39 is 0 Å². The zero-order chi connectivity index (χ0) is 17.3. The van der Waals surface area contributed by atoms with Gasteiger partial charge in [0.25, 0.3) is 5.91 Å². The van der Waals surface area contributed by atoms with Crippen molar-refractivity contribution in [2.75, 3.05) is 13.1 Å². The number of piperidine rings is 1. The van der Waals surface area contributed by atoms with E-state index in [4.69, 9.17) is 4.52 Å². The lowest BCUT2D eigenvalue weighted by atomic mass is 9.84. The van der Waals surface area contributed by atoms with Gasteiger partial charge in [0.2, 0.25) is 5.91 Å². The Labute approximate surface area is 142 Å². The van der Waals surface area contributed by atoms with Crippen molar-refractivity contribution in [3.8, 4) is 0 Å². The molecule has 1 aliphatic heterocycles. The molecule has 2 amide bonds.